The minimum atomic E-state index is -0.481. The summed E-state index contributed by atoms with van der Waals surface area (Å²) < 4.78 is 0. The van der Waals surface area contributed by atoms with Crippen molar-refractivity contribution in [1.82, 2.24) is 0 Å². The van der Waals surface area contributed by atoms with Crippen molar-refractivity contribution in [2.24, 2.45) is 5.73 Å². The molecule has 0 rings (SSSR count). The van der Waals surface area contributed by atoms with E-state index in [0.717, 1.165) is 6.08 Å². The summed E-state index contributed by atoms with van der Waals surface area (Å²) in [4.78, 5) is 18.5. The van der Waals surface area contributed by atoms with Crippen molar-refractivity contribution >= 4 is 12.2 Å². The molecule has 0 aliphatic carbocycles. The number of allylic oxidation sites excluding steroid dienone is 2. The molecule has 13 heavy (non-hydrogen) atoms. The summed E-state index contributed by atoms with van der Waals surface area (Å²) in [7, 11) is 0. The molecule has 0 aromatic heterocycles. The fraction of sp³-hybridized carbons (Fsp3) is 0. The zero-order chi connectivity index (χ0) is 11.1. The van der Waals surface area contributed by atoms with Crippen molar-refractivity contribution in [2.45, 2.75) is 0 Å². The lowest BCUT2D eigenvalue weighted by molar-refractivity contribution is -0.113. The van der Waals surface area contributed by atoms with Gasteiger partial charge in [-0.05, 0) is 12.2 Å². The highest BCUT2D eigenvalue weighted by molar-refractivity contribution is 5.84. The van der Waals surface area contributed by atoms with Gasteiger partial charge in [-0.3, -0.25) is 9.59 Å². The van der Waals surface area contributed by atoms with Gasteiger partial charge in [0.2, 0.25) is 5.91 Å². The van der Waals surface area contributed by atoms with E-state index in [4.69, 9.17) is 10.1 Å². The van der Waals surface area contributed by atoms with Gasteiger partial charge in [0, 0.05) is 6.08 Å². The van der Waals surface area contributed by atoms with Gasteiger partial charge >= 0.3 is 0 Å². The molecular formula is C9H12N2O2. The zero-order valence-electron chi connectivity index (χ0n) is 7.27. The van der Waals surface area contributed by atoms with E-state index < -0.39 is 5.91 Å². The minimum Gasteiger partial charge on any atom is -0.366 e. The maximum Gasteiger partial charge on any atom is 0.240 e. The van der Waals surface area contributed by atoms with Gasteiger partial charge in [-0.1, -0.05) is 19.7 Å². The predicted molar refractivity (Wildman–Crippen MR) is 51.5 cm³/mol. The van der Waals surface area contributed by atoms with Crippen molar-refractivity contribution < 1.29 is 9.59 Å². The van der Waals surface area contributed by atoms with Gasteiger partial charge in [0.1, 0.15) is 6.29 Å². The SMILES string of the molecule is C=CC#N.C=CC(N)=O.C=CC=O. The molecule has 0 saturated carbocycles. The summed E-state index contributed by atoms with van der Waals surface area (Å²) in [6, 6.07) is 1.69. The summed E-state index contributed by atoms with van der Waals surface area (Å²) in [5.74, 6) is -0.481. The Bertz CT molecular complexity index is 208. The maximum absolute atomic E-state index is 9.47. The number of nitriles is 1. The van der Waals surface area contributed by atoms with Crippen LogP contribution in [0.3, 0.4) is 0 Å². The zero-order valence-corrected chi connectivity index (χ0v) is 7.27. The Labute approximate surface area is 77.7 Å². The number of aldehydes is 1. The Morgan fingerprint density at radius 1 is 1.38 bits per heavy atom. The van der Waals surface area contributed by atoms with Gasteiger partial charge in [-0.2, -0.15) is 5.26 Å². The van der Waals surface area contributed by atoms with Crippen LogP contribution in [0.2, 0.25) is 0 Å². The van der Waals surface area contributed by atoms with E-state index >= 15 is 0 Å². The van der Waals surface area contributed by atoms with Gasteiger partial charge in [0.15, 0.2) is 0 Å². The highest BCUT2D eigenvalue weighted by Gasteiger charge is 1.69. The van der Waals surface area contributed by atoms with Crippen molar-refractivity contribution in [3.63, 3.8) is 0 Å². The molecule has 4 nitrogen and oxygen atoms in total. The summed E-state index contributed by atoms with van der Waals surface area (Å²) in [5, 5.41) is 7.51. The predicted octanol–water partition coefficient (Wildman–Crippen LogP) is 0.725. The third-order valence-electron chi connectivity index (χ3n) is 0.389. The highest BCUT2D eigenvalue weighted by Crippen LogP contribution is 1.48. The molecule has 0 heterocycles. The lowest BCUT2D eigenvalue weighted by atomic mass is 10.6. The number of nitrogens with zero attached hydrogens (tertiary/aromatic N) is 1. The smallest absolute Gasteiger partial charge is 0.240 e. The molecule has 2 N–H and O–H groups in total. The molecule has 0 saturated heterocycles. The standard InChI is InChI=1S/C3H5NO.C3H3N.C3H4O/c1-2-3(4)5;2*1-2-3-4/h2H,1H2,(H2,4,5);2H,1H2;2-3H,1H2. The number of carbonyl (C=O) groups excluding carboxylic acids is 2. The van der Waals surface area contributed by atoms with Crippen LogP contribution in [0.4, 0.5) is 0 Å². The minimum absolute atomic E-state index is 0.481. The summed E-state index contributed by atoms with van der Waals surface area (Å²) in [6.45, 7) is 9.31. The average Bonchev–Trinajstić information content (AvgIpc) is 2.18. The number of amides is 1. The lowest BCUT2D eigenvalue weighted by Crippen LogP contribution is -2.04. The van der Waals surface area contributed by atoms with Crippen molar-refractivity contribution in [3.8, 4) is 6.07 Å². The Morgan fingerprint density at radius 3 is 1.62 bits per heavy atom. The van der Waals surface area contributed by atoms with E-state index in [1.807, 2.05) is 0 Å². The number of hydrogen-bond donors (Lipinski definition) is 1. The van der Waals surface area contributed by atoms with E-state index in [1.165, 1.54) is 12.2 Å². The molecule has 70 valence electrons. The largest absolute Gasteiger partial charge is 0.366 e. The number of rotatable bonds is 2. The Kier molecular flexibility index (Phi) is 29.6. The van der Waals surface area contributed by atoms with Gasteiger partial charge in [-0.15, -0.1) is 0 Å². The van der Waals surface area contributed by atoms with Crippen molar-refractivity contribution in [3.05, 3.63) is 38.0 Å². The van der Waals surface area contributed by atoms with Crippen molar-refractivity contribution in [1.29, 1.82) is 5.26 Å². The van der Waals surface area contributed by atoms with Crippen LogP contribution in [-0.4, -0.2) is 12.2 Å². The Morgan fingerprint density at radius 2 is 1.62 bits per heavy atom. The number of hydrogen-bond acceptors (Lipinski definition) is 3. The number of primary amides is 1. The topological polar surface area (TPSA) is 83.9 Å². The molecule has 4 heteroatoms. The fourth-order valence-corrected chi connectivity index (χ4v) is 0. The van der Waals surface area contributed by atoms with Crippen LogP contribution in [0.5, 0.6) is 0 Å². The molecule has 0 aromatic rings. The first-order valence-corrected chi connectivity index (χ1v) is 3.09. The number of nitrogens with two attached hydrogens (primary N) is 1. The van der Waals surface area contributed by atoms with E-state index in [1.54, 1.807) is 6.07 Å². The second-order valence-electron chi connectivity index (χ2n) is 1.31. The second-order valence-corrected chi connectivity index (χ2v) is 1.31. The molecule has 0 aliphatic heterocycles. The average molecular weight is 180 g/mol. The van der Waals surface area contributed by atoms with E-state index in [2.05, 4.69) is 25.5 Å². The Hall–Kier alpha value is -2.15. The molecule has 0 unspecified atom stereocenters. The van der Waals surface area contributed by atoms with Crippen LogP contribution >= 0.6 is 0 Å². The Balaban J connectivity index is -0.000000117. The fourth-order valence-electron chi connectivity index (χ4n) is 0. The molecule has 0 fully saturated rings. The van der Waals surface area contributed by atoms with E-state index in [-0.39, 0.29) is 0 Å². The lowest BCUT2D eigenvalue weighted by Gasteiger charge is -1.65. The molecular weight excluding hydrogens is 168 g/mol. The van der Waals surface area contributed by atoms with Crippen LogP contribution in [0, 0.1) is 11.3 Å². The first-order valence-electron chi connectivity index (χ1n) is 3.09. The van der Waals surface area contributed by atoms with Crippen LogP contribution in [-0.2, 0) is 9.59 Å². The van der Waals surface area contributed by atoms with Crippen LogP contribution in [0.1, 0.15) is 0 Å². The molecule has 0 aromatic carbocycles. The molecule has 0 radical (unpaired) electrons. The van der Waals surface area contributed by atoms with Gasteiger partial charge in [-0.25, -0.2) is 0 Å². The monoisotopic (exact) mass is 180 g/mol. The summed E-state index contributed by atoms with van der Waals surface area (Å²) >= 11 is 0. The molecule has 0 atom stereocenters. The molecule has 0 spiro atoms. The summed E-state index contributed by atoms with van der Waals surface area (Å²) in [5.41, 5.74) is 4.53. The molecule has 0 bridgehead atoms. The van der Waals surface area contributed by atoms with Gasteiger partial charge in [0.25, 0.3) is 0 Å². The normalized spacial score (nSPS) is 5.15. The second kappa shape index (κ2) is 22.5. The van der Waals surface area contributed by atoms with Crippen LogP contribution in [0.15, 0.2) is 38.0 Å². The van der Waals surface area contributed by atoms with Crippen molar-refractivity contribution in [2.75, 3.05) is 0 Å². The third kappa shape index (κ3) is 177. The van der Waals surface area contributed by atoms with Gasteiger partial charge < -0.3 is 5.73 Å². The van der Waals surface area contributed by atoms with E-state index in [9.17, 15) is 4.79 Å². The summed E-state index contributed by atoms with van der Waals surface area (Å²) in [6.07, 6.45) is 4.07. The molecule has 0 aliphatic rings. The maximum atomic E-state index is 9.47. The molecule has 1 amide bonds. The first-order chi connectivity index (χ1) is 6.10. The van der Waals surface area contributed by atoms with Crippen LogP contribution in [0.25, 0.3) is 0 Å². The van der Waals surface area contributed by atoms with E-state index in [0.29, 0.717) is 6.29 Å². The first kappa shape index (κ1) is 17.1. The highest BCUT2D eigenvalue weighted by atomic mass is 16.1. The third-order valence-corrected chi connectivity index (χ3v) is 0.389. The van der Waals surface area contributed by atoms with Gasteiger partial charge in [0.05, 0.1) is 6.07 Å². The van der Waals surface area contributed by atoms with Crippen LogP contribution < -0.4 is 5.73 Å². The quantitative estimate of drug-likeness (QED) is 0.386. The number of carbonyl (C=O) groups is 2.